The van der Waals surface area contributed by atoms with Crippen molar-refractivity contribution in [2.24, 2.45) is 10.1 Å². The molecule has 2 heterocycles. The fourth-order valence-corrected chi connectivity index (χ4v) is 4.71. The number of aromatic nitrogens is 2. The van der Waals surface area contributed by atoms with Crippen LogP contribution in [0.5, 0.6) is 0 Å². The molecule has 0 atom stereocenters. The van der Waals surface area contributed by atoms with Gasteiger partial charge in [-0.05, 0) is 54.1 Å². The third-order valence-electron chi connectivity index (χ3n) is 4.90. The molecule has 0 aliphatic rings. The lowest BCUT2D eigenvalue weighted by Gasteiger charge is -2.05. The van der Waals surface area contributed by atoms with E-state index < -0.39 is 0 Å². The Labute approximate surface area is 209 Å². The number of halogens is 3. The summed E-state index contributed by atoms with van der Waals surface area (Å²) in [7, 11) is 0. The smallest absolute Gasteiger partial charge is 0.211 e. The molecule has 0 saturated carbocycles. The normalized spacial score (nSPS) is 12.2. The van der Waals surface area contributed by atoms with Gasteiger partial charge in [0.1, 0.15) is 0 Å². The monoisotopic (exact) mass is 508 g/mol. The highest BCUT2D eigenvalue weighted by Crippen LogP contribution is 2.28. The van der Waals surface area contributed by atoms with Gasteiger partial charge in [0.15, 0.2) is 0 Å². The Morgan fingerprint density at radius 1 is 0.879 bits per heavy atom. The number of hydrogen-bond acceptors (Lipinski definition) is 4. The summed E-state index contributed by atoms with van der Waals surface area (Å²) in [5, 5.41) is 9.53. The number of nitrogens with zero attached hydrogens (tertiary/aromatic N) is 4. The molecule has 4 nitrogen and oxygen atoms in total. The highest BCUT2D eigenvalue weighted by Gasteiger charge is 2.09. The van der Waals surface area contributed by atoms with Crippen molar-refractivity contribution < 1.29 is 0 Å². The van der Waals surface area contributed by atoms with Crippen LogP contribution in [0.15, 0.2) is 94.5 Å². The van der Waals surface area contributed by atoms with E-state index in [0.29, 0.717) is 25.6 Å². The Balaban J connectivity index is 1.63. The second kappa shape index (κ2) is 9.49. The standard InChI is InChI=1S/C25H15Cl3N4S/c26-19-6-4-17(5-7-19)24-15-33-25(31-23-10-8-20(27)13-21(23)28)32(24)30-14-16-3-9-22-18(12-16)2-1-11-29-22/h1-15H/b30-14+,31-25?. The maximum Gasteiger partial charge on any atom is 0.211 e. The van der Waals surface area contributed by atoms with Crippen LogP contribution in [-0.4, -0.2) is 15.9 Å². The predicted molar refractivity (Wildman–Crippen MR) is 139 cm³/mol. The molecule has 8 heteroatoms. The van der Waals surface area contributed by atoms with Gasteiger partial charge in [0.05, 0.1) is 28.1 Å². The number of rotatable bonds is 4. The molecule has 162 valence electrons. The Hall–Kier alpha value is -2.96. The zero-order chi connectivity index (χ0) is 22.8. The second-order valence-corrected chi connectivity index (χ2v) is 9.25. The fraction of sp³-hybridized carbons (Fsp3) is 0. The van der Waals surface area contributed by atoms with Crippen LogP contribution in [0.3, 0.4) is 0 Å². The van der Waals surface area contributed by atoms with E-state index in [9.17, 15) is 0 Å². The van der Waals surface area contributed by atoms with E-state index in [1.165, 1.54) is 11.3 Å². The molecule has 33 heavy (non-hydrogen) atoms. The Kier molecular flexibility index (Phi) is 6.29. The third-order valence-corrected chi connectivity index (χ3v) is 6.51. The van der Waals surface area contributed by atoms with Crippen LogP contribution in [0.2, 0.25) is 15.1 Å². The molecule has 5 rings (SSSR count). The number of pyridine rings is 1. The van der Waals surface area contributed by atoms with Crippen LogP contribution in [0.4, 0.5) is 5.69 Å². The van der Waals surface area contributed by atoms with Gasteiger partial charge in [-0.3, -0.25) is 4.98 Å². The van der Waals surface area contributed by atoms with Gasteiger partial charge in [0.25, 0.3) is 0 Å². The molecule has 0 aliphatic heterocycles. The van der Waals surface area contributed by atoms with Crippen LogP contribution < -0.4 is 4.80 Å². The summed E-state index contributed by atoms with van der Waals surface area (Å²) in [6.45, 7) is 0. The summed E-state index contributed by atoms with van der Waals surface area (Å²) in [4.78, 5) is 9.79. The zero-order valence-corrected chi connectivity index (χ0v) is 20.1. The highest BCUT2D eigenvalue weighted by atomic mass is 35.5. The van der Waals surface area contributed by atoms with Crippen LogP contribution >= 0.6 is 46.1 Å². The third kappa shape index (κ3) is 4.87. The van der Waals surface area contributed by atoms with Crippen molar-refractivity contribution in [3.8, 4) is 11.3 Å². The summed E-state index contributed by atoms with van der Waals surface area (Å²) in [6.07, 6.45) is 3.59. The van der Waals surface area contributed by atoms with Gasteiger partial charge < -0.3 is 0 Å². The van der Waals surface area contributed by atoms with Crippen molar-refractivity contribution in [3.05, 3.63) is 110 Å². The molecule has 2 aromatic heterocycles. The van der Waals surface area contributed by atoms with Gasteiger partial charge in [0.2, 0.25) is 4.80 Å². The first-order chi connectivity index (χ1) is 16.1. The minimum Gasteiger partial charge on any atom is -0.256 e. The first-order valence-electron chi connectivity index (χ1n) is 9.92. The molecule has 0 amide bonds. The molecule has 5 aromatic rings. The maximum absolute atomic E-state index is 6.36. The second-order valence-electron chi connectivity index (χ2n) is 7.13. The lowest BCUT2D eigenvalue weighted by molar-refractivity contribution is 0.855. The van der Waals surface area contributed by atoms with Crippen LogP contribution in [0.1, 0.15) is 5.56 Å². The van der Waals surface area contributed by atoms with Gasteiger partial charge in [-0.25, -0.2) is 9.67 Å². The van der Waals surface area contributed by atoms with E-state index in [0.717, 1.165) is 27.7 Å². The zero-order valence-electron chi connectivity index (χ0n) is 17.0. The molecule has 0 bridgehead atoms. The molecular formula is C25H15Cl3N4S. The molecule has 3 aromatic carbocycles. The average molecular weight is 510 g/mol. The number of hydrogen-bond donors (Lipinski definition) is 0. The van der Waals surface area contributed by atoms with Gasteiger partial charge >= 0.3 is 0 Å². The van der Waals surface area contributed by atoms with Crippen LogP contribution in [-0.2, 0) is 0 Å². The molecule has 0 radical (unpaired) electrons. The molecular weight excluding hydrogens is 495 g/mol. The quantitative estimate of drug-likeness (QED) is 0.228. The minimum atomic E-state index is 0.474. The van der Waals surface area contributed by atoms with Crippen molar-refractivity contribution in [1.82, 2.24) is 9.66 Å². The first kappa shape index (κ1) is 21.9. The summed E-state index contributed by atoms with van der Waals surface area (Å²) >= 11 is 20.0. The summed E-state index contributed by atoms with van der Waals surface area (Å²) in [5.74, 6) is 0. The molecule has 0 saturated heterocycles. The van der Waals surface area contributed by atoms with E-state index in [1.54, 1.807) is 35.3 Å². The highest BCUT2D eigenvalue weighted by molar-refractivity contribution is 7.07. The fourth-order valence-electron chi connectivity index (χ4n) is 3.28. The van der Waals surface area contributed by atoms with E-state index in [-0.39, 0.29) is 0 Å². The summed E-state index contributed by atoms with van der Waals surface area (Å²) < 4.78 is 1.80. The SMILES string of the molecule is Clc1ccc(-c2csc(=Nc3ccc(Cl)cc3Cl)n2/N=C/c2ccc3ncccc3c2)cc1. The maximum atomic E-state index is 6.36. The molecule has 0 aliphatic carbocycles. The first-order valence-corrected chi connectivity index (χ1v) is 11.9. The summed E-state index contributed by atoms with van der Waals surface area (Å²) in [6, 6.07) is 22.8. The number of fused-ring (bicyclic) bond motifs is 1. The molecule has 0 N–H and O–H groups in total. The number of benzene rings is 3. The Morgan fingerprint density at radius 3 is 2.52 bits per heavy atom. The lowest BCUT2D eigenvalue weighted by Crippen LogP contribution is -2.11. The van der Waals surface area contributed by atoms with Crippen molar-refractivity contribution in [3.63, 3.8) is 0 Å². The van der Waals surface area contributed by atoms with Crippen molar-refractivity contribution in [2.45, 2.75) is 0 Å². The Bertz CT molecular complexity index is 1550. The van der Waals surface area contributed by atoms with Gasteiger partial charge in [-0.1, -0.05) is 59.1 Å². The van der Waals surface area contributed by atoms with Crippen LogP contribution in [0, 0.1) is 0 Å². The summed E-state index contributed by atoms with van der Waals surface area (Å²) in [5.41, 5.74) is 4.36. The minimum absolute atomic E-state index is 0.474. The number of thiazole rings is 1. The topological polar surface area (TPSA) is 42.5 Å². The van der Waals surface area contributed by atoms with Crippen LogP contribution in [0.25, 0.3) is 22.2 Å². The molecule has 0 unspecified atom stereocenters. The Morgan fingerprint density at radius 2 is 1.70 bits per heavy atom. The average Bonchev–Trinajstić information content (AvgIpc) is 3.22. The lowest BCUT2D eigenvalue weighted by atomic mass is 10.1. The van der Waals surface area contributed by atoms with E-state index >= 15 is 0 Å². The van der Waals surface area contributed by atoms with E-state index in [1.807, 2.05) is 60.0 Å². The predicted octanol–water partition coefficient (Wildman–Crippen LogP) is 7.84. The van der Waals surface area contributed by atoms with Gasteiger partial charge in [-0.2, -0.15) is 5.10 Å². The van der Waals surface area contributed by atoms with Gasteiger partial charge in [0, 0.05) is 32.6 Å². The van der Waals surface area contributed by atoms with E-state index in [4.69, 9.17) is 44.9 Å². The van der Waals surface area contributed by atoms with Crippen molar-refractivity contribution in [2.75, 3.05) is 0 Å². The molecule has 0 fully saturated rings. The molecule has 0 spiro atoms. The van der Waals surface area contributed by atoms with Crippen molar-refractivity contribution in [1.29, 1.82) is 0 Å². The van der Waals surface area contributed by atoms with Gasteiger partial charge in [-0.15, -0.1) is 11.3 Å². The van der Waals surface area contributed by atoms with Crippen molar-refractivity contribution >= 4 is 68.9 Å². The van der Waals surface area contributed by atoms with E-state index in [2.05, 4.69) is 4.98 Å². The largest absolute Gasteiger partial charge is 0.256 e.